The third kappa shape index (κ3) is 2.92. The van der Waals surface area contributed by atoms with Crippen molar-refractivity contribution in [2.24, 2.45) is 5.41 Å². The van der Waals surface area contributed by atoms with Crippen molar-refractivity contribution in [1.82, 2.24) is 0 Å². The SMILES string of the molecule is CCOC1CC(Nc2cccc(C(F)(F)F)c2)C1(C)C. The Balaban J connectivity index is 2.05. The summed E-state index contributed by atoms with van der Waals surface area (Å²) in [5.41, 5.74) is -0.196. The fraction of sp³-hybridized carbons (Fsp3) is 0.600. The van der Waals surface area contributed by atoms with E-state index in [2.05, 4.69) is 19.2 Å². The van der Waals surface area contributed by atoms with E-state index in [1.165, 1.54) is 6.07 Å². The molecule has 0 spiro atoms. The van der Waals surface area contributed by atoms with Crippen LogP contribution < -0.4 is 5.32 Å². The Labute approximate surface area is 117 Å². The van der Waals surface area contributed by atoms with Crippen molar-refractivity contribution in [3.63, 3.8) is 0 Å². The average molecular weight is 287 g/mol. The Kier molecular flexibility index (Phi) is 4.00. The monoisotopic (exact) mass is 287 g/mol. The smallest absolute Gasteiger partial charge is 0.382 e. The molecule has 0 amide bonds. The van der Waals surface area contributed by atoms with Gasteiger partial charge in [0.25, 0.3) is 0 Å². The summed E-state index contributed by atoms with van der Waals surface area (Å²) < 4.78 is 43.6. The maximum absolute atomic E-state index is 12.7. The normalized spacial score (nSPS) is 25.1. The second kappa shape index (κ2) is 5.28. The number of halogens is 3. The summed E-state index contributed by atoms with van der Waals surface area (Å²) in [5.74, 6) is 0. The number of alkyl halides is 3. The molecule has 1 aliphatic rings. The predicted octanol–water partition coefficient (Wildman–Crippen LogP) is 4.32. The van der Waals surface area contributed by atoms with Crippen molar-refractivity contribution in [3.05, 3.63) is 29.8 Å². The summed E-state index contributed by atoms with van der Waals surface area (Å²) in [7, 11) is 0. The van der Waals surface area contributed by atoms with Gasteiger partial charge in [0.1, 0.15) is 0 Å². The van der Waals surface area contributed by atoms with E-state index in [4.69, 9.17) is 4.74 Å². The van der Waals surface area contributed by atoms with E-state index in [0.717, 1.165) is 18.6 Å². The van der Waals surface area contributed by atoms with Gasteiger partial charge in [0, 0.05) is 23.8 Å². The Morgan fingerprint density at radius 3 is 2.60 bits per heavy atom. The summed E-state index contributed by atoms with van der Waals surface area (Å²) >= 11 is 0. The van der Waals surface area contributed by atoms with Crippen molar-refractivity contribution in [2.75, 3.05) is 11.9 Å². The molecule has 1 N–H and O–H groups in total. The number of anilines is 1. The fourth-order valence-electron chi connectivity index (χ4n) is 2.60. The summed E-state index contributed by atoms with van der Waals surface area (Å²) in [6.45, 7) is 6.75. The predicted molar refractivity (Wildman–Crippen MR) is 72.7 cm³/mol. The van der Waals surface area contributed by atoms with Gasteiger partial charge in [-0.25, -0.2) is 0 Å². The third-order valence-corrected chi connectivity index (χ3v) is 4.08. The van der Waals surface area contributed by atoms with E-state index >= 15 is 0 Å². The standard InChI is InChI=1S/C15H20F3NO/c1-4-20-13-9-12(14(13,2)3)19-11-7-5-6-10(8-11)15(16,17)18/h5-8,12-13,19H,4,9H2,1-3H3. The number of hydrogen-bond acceptors (Lipinski definition) is 2. The minimum Gasteiger partial charge on any atom is -0.382 e. The first kappa shape index (κ1) is 15.2. The second-order valence-corrected chi connectivity index (χ2v) is 5.78. The van der Waals surface area contributed by atoms with Gasteiger partial charge in [-0.15, -0.1) is 0 Å². The number of benzene rings is 1. The molecular formula is C15H20F3NO. The molecule has 0 radical (unpaired) electrons. The zero-order valence-electron chi connectivity index (χ0n) is 11.9. The topological polar surface area (TPSA) is 21.3 Å². The Hall–Kier alpha value is -1.23. The highest BCUT2D eigenvalue weighted by Crippen LogP contribution is 2.44. The van der Waals surface area contributed by atoms with Crippen LogP contribution in [0.2, 0.25) is 0 Å². The molecule has 2 unspecified atom stereocenters. The molecule has 1 aromatic carbocycles. The molecule has 5 heteroatoms. The van der Waals surface area contributed by atoms with Crippen LogP contribution in [0.15, 0.2) is 24.3 Å². The molecule has 1 aromatic rings. The van der Waals surface area contributed by atoms with Gasteiger partial charge in [-0.1, -0.05) is 19.9 Å². The summed E-state index contributed by atoms with van der Waals surface area (Å²) in [6, 6.07) is 5.46. The minimum absolute atomic E-state index is 0.0791. The second-order valence-electron chi connectivity index (χ2n) is 5.78. The van der Waals surface area contributed by atoms with Gasteiger partial charge in [0.05, 0.1) is 11.7 Å². The van der Waals surface area contributed by atoms with Crippen LogP contribution in [-0.4, -0.2) is 18.8 Å². The maximum atomic E-state index is 12.7. The van der Waals surface area contributed by atoms with Crippen molar-refractivity contribution in [3.8, 4) is 0 Å². The molecular weight excluding hydrogens is 267 g/mol. The van der Waals surface area contributed by atoms with Crippen LogP contribution in [0.4, 0.5) is 18.9 Å². The molecule has 1 fully saturated rings. The molecule has 0 saturated heterocycles. The highest BCUT2D eigenvalue weighted by molar-refractivity contribution is 5.48. The average Bonchev–Trinajstić information content (AvgIpc) is 2.37. The zero-order valence-corrected chi connectivity index (χ0v) is 11.9. The van der Waals surface area contributed by atoms with Gasteiger partial charge in [-0.05, 0) is 31.5 Å². The molecule has 0 aromatic heterocycles. The first-order chi connectivity index (χ1) is 9.25. The summed E-state index contributed by atoms with van der Waals surface area (Å²) in [5, 5.41) is 3.19. The molecule has 2 atom stereocenters. The fourth-order valence-corrected chi connectivity index (χ4v) is 2.60. The van der Waals surface area contributed by atoms with E-state index < -0.39 is 11.7 Å². The lowest BCUT2D eigenvalue weighted by Crippen LogP contribution is -2.58. The van der Waals surface area contributed by atoms with Gasteiger partial charge < -0.3 is 10.1 Å². The Morgan fingerprint density at radius 2 is 2.05 bits per heavy atom. The lowest BCUT2D eigenvalue weighted by Gasteiger charge is -2.52. The van der Waals surface area contributed by atoms with Crippen LogP contribution in [0.1, 0.15) is 32.8 Å². The van der Waals surface area contributed by atoms with E-state index in [9.17, 15) is 13.2 Å². The van der Waals surface area contributed by atoms with Gasteiger partial charge in [-0.2, -0.15) is 13.2 Å². The van der Waals surface area contributed by atoms with E-state index in [1.54, 1.807) is 6.07 Å². The van der Waals surface area contributed by atoms with Crippen LogP contribution in [-0.2, 0) is 10.9 Å². The molecule has 0 aliphatic heterocycles. The highest BCUT2D eigenvalue weighted by Gasteiger charge is 2.48. The summed E-state index contributed by atoms with van der Waals surface area (Å²) in [4.78, 5) is 0. The van der Waals surface area contributed by atoms with Crippen LogP contribution >= 0.6 is 0 Å². The van der Waals surface area contributed by atoms with Gasteiger partial charge in [-0.3, -0.25) is 0 Å². The Morgan fingerprint density at radius 1 is 1.35 bits per heavy atom. The van der Waals surface area contributed by atoms with Crippen LogP contribution in [0, 0.1) is 5.41 Å². The lowest BCUT2D eigenvalue weighted by molar-refractivity contribution is -0.137. The molecule has 0 bridgehead atoms. The van der Waals surface area contributed by atoms with Gasteiger partial charge in [0.2, 0.25) is 0 Å². The van der Waals surface area contributed by atoms with Crippen molar-refractivity contribution in [1.29, 1.82) is 0 Å². The van der Waals surface area contributed by atoms with E-state index in [0.29, 0.717) is 12.3 Å². The lowest BCUT2D eigenvalue weighted by atomic mass is 9.64. The maximum Gasteiger partial charge on any atom is 0.416 e. The number of hydrogen-bond donors (Lipinski definition) is 1. The van der Waals surface area contributed by atoms with Gasteiger partial charge in [0.15, 0.2) is 0 Å². The van der Waals surface area contributed by atoms with Crippen LogP contribution in [0.5, 0.6) is 0 Å². The zero-order chi connectivity index (χ0) is 15.0. The third-order valence-electron chi connectivity index (χ3n) is 4.08. The van der Waals surface area contributed by atoms with Crippen molar-refractivity contribution in [2.45, 2.75) is 45.5 Å². The van der Waals surface area contributed by atoms with Crippen LogP contribution in [0.25, 0.3) is 0 Å². The molecule has 2 nitrogen and oxygen atoms in total. The largest absolute Gasteiger partial charge is 0.416 e. The first-order valence-electron chi connectivity index (χ1n) is 6.80. The van der Waals surface area contributed by atoms with Gasteiger partial charge >= 0.3 is 6.18 Å². The first-order valence-corrected chi connectivity index (χ1v) is 6.80. The minimum atomic E-state index is -4.30. The highest BCUT2D eigenvalue weighted by atomic mass is 19.4. The molecule has 1 saturated carbocycles. The molecule has 0 heterocycles. The van der Waals surface area contributed by atoms with Crippen molar-refractivity contribution < 1.29 is 17.9 Å². The number of ether oxygens (including phenoxy) is 1. The quantitative estimate of drug-likeness (QED) is 0.890. The number of rotatable bonds is 4. The van der Waals surface area contributed by atoms with E-state index in [1.807, 2.05) is 6.92 Å². The van der Waals surface area contributed by atoms with Crippen LogP contribution in [0.3, 0.4) is 0 Å². The molecule has 2 rings (SSSR count). The summed E-state index contributed by atoms with van der Waals surface area (Å²) in [6.07, 6.45) is -3.33. The number of nitrogens with one attached hydrogen (secondary N) is 1. The molecule has 20 heavy (non-hydrogen) atoms. The molecule has 1 aliphatic carbocycles. The molecule has 112 valence electrons. The Bertz CT molecular complexity index is 470. The van der Waals surface area contributed by atoms with Crippen molar-refractivity contribution >= 4 is 5.69 Å². The van der Waals surface area contributed by atoms with E-state index in [-0.39, 0.29) is 17.6 Å².